The summed E-state index contributed by atoms with van der Waals surface area (Å²) in [6.07, 6.45) is 1.19. The number of halogens is 2. The van der Waals surface area contributed by atoms with Crippen molar-refractivity contribution in [1.29, 1.82) is 0 Å². The molecule has 3 rings (SSSR count). The van der Waals surface area contributed by atoms with Crippen molar-refractivity contribution in [3.8, 4) is 5.75 Å². The lowest BCUT2D eigenvalue weighted by Crippen LogP contribution is -2.53. The van der Waals surface area contributed by atoms with Gasteiger partial charge in [0.1, 0.15) is 11.8 Å². The predicted octanol–water partition coefficient (Wildman–Crippen LogP) is 6.04. The van der Waals surface area contributed by atoms with Gasteiger partial charge in [-0.3, -0.25) is 9.59 Å². The molecular formula is C28H30BrClN2O3. The Kier molecular flexibility index (Phi) is 10.2. The van der Waals surface area contributed by atoms with Gasteiger partial charge in [0.2, 0.25) is 5.91 Å². The van der Waals surface area contributed by atoms with E-state index in [2.05, 4.69) is 21.2 Å². The molecule has 0 aromatic heterocycles. The molecule has 2 amide bonds. The maximum Gasteiger partial charge on any atom is 0.261 e. The monoisotopic (exact) mass is 556 g/mol. The molecule has 0 saturated heterocycles. The smallest absolute Gasteiger partial charge is 0.261 e. The summed E-state index contributed by atoms with van der Waals surface area (Å²) in [6.45, 7) is 4.05. The first kappa shape index (κ1) is 26.8. The summed E-state index contributed by atoms with van der Waals surface area (Å²) in [5, 5.41) is 3.63. The maximum absolute atomic E-state index is 13.6. The molecule has 35 heavy (non-hydrogen) atoms. The van der Waals surface area contributed by atoms with E-state index in [0.717, 1.165) is 17.5 Å². The van der Waals surface area contributed by atoms with Gasteiger partial charge in [-0.25, -0.2) is 0 Å². The highest BCUT2D eigenvalue weighted by Gasteiger charge is 2.31. The van der Waals surface area contributed by atoms with Gasteiger partial charge >= 0.3 is 0 Å². The van der Waals surface area contributed by atoms with E-state index in [1.165, 1.54) is 0 Å². The quantitative estimate of drug-likeness (QED) is 0.313. The Morgan fingerprint density at radius 1 is 1.00 bits per heavy atom. The Morgan fingerprint density at radius 2 is 1.63 bits per heavy atom. The summed E-state index contributed by atoms with van der Waals surface area (Å²) in [5.74, 6) is 0.0437. The number of nitrogens with zero attached hydrogens (tertiary/aromatic N) is 1. The summed E-state index contributed by atoms with van der Waals surface area (Å²) in [5.41, 5.74) is 1.91. The number of carbonyl (C=O) groups is 2. The summed E-state index contributed by atoms with van der Waals surface area (Å²) >= 11 is 9.44. The number of hydrogen-bond donors (Lipinski definition) is 1. The van der Waals surface area contributed by atoms with E-state index in [0.29, 0.717) is 21.7 Å². The SMILES string of the molecule is CC[C@H](C)NC(=O)[C@@H](Cc1ccccc1)N(Cc1ccccc1)C(=O)COc1ccc(Cl)cc1Br. The van der Waals surface area contributed by atoms with Crippen molar-refractivity contribution in [3.05, 3.63) is 99.5 Å². The molecule has 3 aromatic carbocycles. The van der Waals surface area contributed by atoms with Crippen molar-refractivity contribution in [2.45, 2.75) is 45.3 Å². The minimum absolute atomic E-state index is 0.00396. The average Bonchev–Trinajstić information content (AvgIpc) is 2.86. The summed E-state index contributed by atoms with van der Waals surface area (Å²) in [6, 6.07) is 23.8. The second-order valence-electron chi connectivity index (χ2n) is 8.39. The van der Waals surface area contributed by atoms with Crippen LogP contribution in [0.3, 0.4) is 0 Å². The van der Waals surface area contributed by atoms with Crippen molar-refractivity contribution in [2.75, 3.05) is 6.61 Å². The molecule has 0 saturated carbocycles. The molecule has 5 nitrogen and oxygen atoms in total. The molecule has 0 aliphatic carbocycles. The van der Waals surface area contributed by atoms with Crippen LogP contribution in [0.15, 0.2) is 83.3 Å². The first-order chi connectivity index (χ1) is 16.9. The van der Waals surface area contributed by atoms with Gasteiger partial charge in [-0.05, 0) is 58.6 Å². The summed E-state index contributed by atoms with van der Waals surface area (Å²) in [4.78, 5) is 28.6. The van der Waals surface area contributed by atoms with Crippen LogP contribution in [-0.2, 0) is 22.6 Å². The van der Waals surface area contributed by atoms with Crippen LogP contribution in [0.2, 0.25) is 5.02 Å². The van der Waals surface area contributed by atoms with Gasteiger partial charge in [0.15, 0.2) is 6.61 Å². The molecule has 2 atom stereocenters. The van der Waals surface area contributed by atoms with Crippen LogP contribution in [0.1, 0.15) is 31.4 Å². The van der Waals surface area contributed by atoms with Gasteiger partial charge in [0.25, 0.3) is 5.91 Å². The van der Waals surface area contributed by atoms with Crippen molar-refractivity contribution in [1.82, 2.24) is 10.2 Å². The molecule has 0 aliphatic heterocycles. The third-order valence-electron chi connectivity index (χ3n) is 5.71. The van der Waals surface area contributed by atoms with Crippen LogP contribution in [0.4, 0.5) is 0 Å². The molecule has 0 heterocycles. The van der Waals surface area contributed by atoms with E-state index in [9.17, 15) is 9.59 Å². The first-order valence-corrected chi connectivity index (χ1v) is 12.8. The van der Waals surface area contributed by atoms with Crippen LogP contribution in [0.5, 0.6) is 5.75 Å². The molecule has 7 heteroatoms. The number of nitrogens with one attached hydrogen (secondary N) is 1. The molecule has 0 spiro atoms. The average molecular weight is 558 g/mol. The fourth-order valence-corrected chi connectivity index (χ4v) is 4.39. The molecule has 184 valence electrons. The van der Waals surface area contributed by atoms with Crippen LogP contribution in [0.25, 0.3) is 0 Å². The highest BCUT2D eigenvalue weighted by Crippen LogP contribution is 2.28. The Balaban J connectivity index is 1.90. The molecule has 0 aliphatic rings. The highest BCUT2D eigenvalue weighted by atomic mass is 79.9. The molecule has 0 fully saturated rings. The minimum Gasteiger partial charge on any atom is -0.483 e. The fraction of sp³-hybridized carbons (Fsp3) is 0.286. The predicted molar refractivity (Wildman–Crippen MR) is 143 cm³/mol. The van der Waals surface area contributed by atoms with E-state index in [4.69, 9.17) is 16.3 Å². The lowest BCUT2D eigenvalue weighted by molar-refractivity contribution is -0.143. The second-order valence-corrected chi connectivity index (χ2v) is 9.68. The van der Waals surface area contributed by atoms with Crippen LogP contribution < -0.4 is 10.1 Å². The largest absolute Gasteiger partial charge is 0.483 e. The lowest BCUT2D eigenvalue weighted by atomic mass is 10.0. The number of benzene rings is 3. The van der Waals surface area contributed by atoms with Crippen molar-refractivity contribution in [3.63, 3.8) is 0 Å². The van der Waals surface area contributed by atoms with Gasteiger partial charge < -0.3 is 15.0 Å². The van der Waals surface area contributed by atoms with E-state index in [1.54, 1.807) is 23.1 Å². The van der Waals surface area contributed by atoms with Crippen molar-refractivity contribution < 1.29 is 14.3 Å². The van der Waals surface area contributed by atoms with E-state index < -0.39 is 6.04 Å². The number of rotatable bonds is 11. The zero-order valence-corrected chi connectivity index (χ0v) is 22.3. The lowest BCUT2D eigenvalue weighted by Gasteiger charge is -2.32. The van der Waals surface area contributed by atoms with Gasteiger partial charge in [0, 0.05) is 24.0 Å². The van der Waals surface area contributed by atoms with E-state index in [1.807, 2.05) is 74.5 Å². The number of amides is 2. The molecule has 0 unspecified atom stereocenters. The topological polar surface area (TPSA) is 58.6 Å². The third-order valence-corrected chi connectivity index (χ3v) is 6.57. The normalized spacial score (nSPS) is 12.5. The van der Waals surface area contributed by atoms with Crippen molar-refractivity contribution >= 4 is 39.3 Å². The first-order valence-electron chi connectivity index (χ1n) is 11.6. The van der Waals surface area contributed by atoms with Crippen molar-refractivity contribution in [2.24, 2.45) is 0 Å². The fourth-order valence-electron chi connectivity index (χ4n) is 3.59. The van der Waals surface area contributed by atoms with Gasteiger partial charge in [-0.15, -0.1) is 0 Å². The van der Waals surface area contributed by atoms with Crippen LogP contribution in [0, 0.1) is 0 Å². The summed E-state index contributed by atoms with van der Waals surface area (Å²) < 4.78 is 6.48. The zero-order chi connectivity index (χ0) is 25.2. The van der Waals surface area contributed by atoms with Gasteiger partial charge in [-0.1, -0.05) is 79.2 Å². The number of hydrogen-bond acceptors (Lipinski definition) is 3. The Bertz CT molecular complexity index is 1110. The van der Waals surface area contributed by atoms with Gasteiger partial charge in [0.05, 0.1) is 4.47 Å². The molecular weight excluding hydrogens is 528 g/mol. The Hall–Kier alpha value is -2.83. The Labute approximate surface area is 220 Å². The second kappa shape index (κ2) is 13.3. The minimum atomic E-state index is -0.698. The third kappa shape index (κ3) is 8.11. The van der Waals surface area contributed by atoms with Crippen LogP contribution >= 0.6 is 27.5 Å². The van der Waals surface area contributed by atoms with Gasteiger partial charge in [-0.2, -0.15) is 0 Å². The van der Waals surface area contributed by atoms with Crippen LogP contribution in [-0.4, -0.2) is 35.4 Å². The number of ether oxygens (including phenoxy) is 1. The highest BCUT2D eigenvalue weighted by molar-refractivity contribution is 9.10. The Morgan fingerprint density at radius 3 is 2.23 bits per heavy atom. The maximum atomic E-state index is 13.6. The molecule has 0 bridgehead atoms. The van der Waals surface area contributed by atoms with E-state index in [-0.39, 0.29) is 31.0 Å². The number of carbonyl (C=O) groups excluding carboxylic acids is 2. The summed E-state index contributed by atoms with van der Waals surface area (Å²) in [7, 11) is 0. The molecule has 3 aromatic rings. The molecule has 0 radical (unpaired) electrons. The standard InChI is InChI=1S/C28H30BrClN2O3/c1-3-20(2)31-28(34)25(16-21-10-6-4-7-11-21)32(18-22-12-8-5-9-13-22)27(33)19-35-26-15-14-23(30)17-24(26)29/h4-15,17,20,25H,3,16,18-19H2,1-2H3,(H,31,34)/t20-,25+/m0/s1. The van der Waals surface area contributed by atoms with E-state index >= 15 is 0 Å². The molecule has 1 N–H and O–H groups in total. The zero-order valence-electron chi connectivity index (χ0n) is 19.9.